The van der Waals surface area contributed by atoms with Gasteiger partial charge >= 0.3 is 0 Å². The molecule has 1 N–H and O–H groups in total. The lowest BCUT2D eigenvalue weighted by Crippen LogP contribution is -2.64. The molecule has 0 saturated heterocycles. The molecular weight excluding hydrogens is 264 g/mol. The fourth-order valence-electron chi connectivity index (χ4n) is 3.83. The minimum atomic E-state index is -2.37. The fraction of sp³-hybridized carbons (Fsp3) is 1.00. The van der Waals surface area contributed by atoms with Crippen molar-refractivity contribution in [3.63, 3.8) is 0 Å². The van der Waals surface area contributed by atoms with Crippen LogP contribution in [-0.4, -0.2) is 44.9 Å². The van der Waals surface area contributed by atoms with Crippen LogP contribution < -0.4 is 5.32 Å². The Morgan fingerprint density at radius 3 is 2.65 bits per heavy atom. The highest BCUT2D eigenvalue weighted by Gasteiger charge is 2.55. The van der Waals surface area contributed by atoms with Crippen LogP contribution in [0.3, 0.4) is 0 Å². The van der Waals surface area contributed by atoms with Crippen LogP contribution in [-0.2, 0) is 9.47 Å². The second kappa shape index (κ2) is 7.66. The zero-order valence-electron chi connectivity index (χ0n) is 12.4. The van der Waals surface area contributed by atoms with Gasteiger partial charge in [0.1, 0.15) is 6.61 Å². The molecule has 2 unspecified atom stereocenters. The first kappa shape index (κ1) is 16.1. The Bertz CT molecular complexity index is 283. The van der Waals surface area contributed by atoms with Gasteiger partial charge < -0.3 is 14.8 Å². The third-order valence-electron chi connectivity index (χ3n) is 4.82. The molecule has 2 rings (SSSR count). The van der Waals surface area contributed by atoms with Crippen molar-refractivity contribution < 1.29 is 18.3 Å². The molecule has 1 spiro atoms. The van der Waals surface area contributed by atoms with E-state index in [-0.39, 0.29) is 5.41 Å². The Labute approximate surface area is 120 Å². The van der Waals surface area contributed by atoms with Crippen molar-refractivity contribution in [2.45, 2.75) is 64.0 Å². The second-order valence-corrected chi connectivity index (χ2v) is 5.95. The van der Waals surface area contributed by atoms with Gasteiger partial charge in [0.25, 0.3) is 6.43 Å². The number of ether oxygens (including phenoxy) is 2. The topological polar surface area (TPSA) is 30.5 Å². The van der Waals surface area contributed by atoms with Crippen molar-refractivity contribution in [3.8, 4) is 0 Å². The van der Waals surface area contributed by atoms with E-state index in [2.05, 4.69) is 12.2 Å². The van der Waals surface area contributed by atoms with Crippen LogP contribution in [0.1, 0.15) is 45.4 Å². The molecule has 2 aliphatic rings. The summed E-state index contributed by atoms with van der Waals surface area (Å²) in [5, 5.41) is 3.49. The Morgan fingerprint density at radius 1 is 1.25 bits per heavy atom. The molecular formula is C15H27F2NO2. The van der Waals surface area contributed by atoms with Gasteiger partial charge in [0.05, 0.1) is 12.7 Å². The predicted octanol–water partition coefficient (Wildman–Crippen LogP) is 2.99. The molecule has 118 valence electrons. The summed E-state index contributed by atoms with van der Waals surface area (Å²) < 4.78 is 34.7. The van der Waals surface area contributed by atoms with E-state index in [1.807, 2.05) is 0 Å². The Hall–Kier alpha value is -0.260. The van der Waals surface area contributed by atoms with Gasteiger partial charge in [-0.3, -0.25) is 0 Å². The summed E-state index contributed by atoms with van der Waals surface area (Å²) in [5.74, 6) is 0. The summed E-state index contributed by atoms with van der Waals surface area (Å²) in [7, 11) is 0. The van der Waals surface area contributed by atoms with Gasteiger partial charge in [0.15, 0.2) is 0 Å². The number of rotatable bonds is 8. The van der Waals surface area contributed by atoms with Gasteiger partial charge in [-0.15, -0.1) is 0 Å². The van der Waals surface area contributed by atoms with E-state index in [4.69, 9.17) is 9.47 Å². The van der Waals surface area contributed by atoms with Crippen LogP contribution in [0.5, 0.6) is 0 Å². The minimum absolute atomic E-state index is 0.289. The summed E-state index contributed by atoms with van der Waals surface area (Å²) in [6, 6.07) is 0.467. The smallest absolute Gasteiger partial charge is 0.261 e. The first-order chi connectivity index (χ1) is 9.69. The van der Waals surface area contributed by atoms with Crippen molar-refractivity contribution >= 4 is 0 Å². The summed E-state index contributed by atoms with van der Waals surface area (Å²) in [5.41, 5.74) is 0.289. The van der Waals surface area contributed by atoms with E-state index >= 15 is 0 Å². The average Bonchev–Trinajstić information content (AvgIpc) is 2.45. The average molecular weight is 291 g/mol. The van der Waals surface area contributed by atoms with Crippen LogP contribution in [0.15, 0.2) is 0 Å². The molecule has 2 atom stereocenters. The number of alkyl halides is 2. The molecule has 0 aliphatic heterocycles. The highest BCUT2D eigenvalue weighted by Crippen LogP contribution is 2.53. The standard InChI is InChI=1S/C15H27F2NO2/c1-2-20-13-10-12(15(13)6-4-3-5-7-15)18-8-9-19-11-14(16)17/h12-14,18H,2-11H2,1H3. The van der Waals surface area contributed by atoms with Crippen LogP contribution in [0.4, 0.5) is 8.78 Å². The number of nitrogens with one attached hydrogen (secondary N) is 1. The molecule has 0 bridgehead atoms. The zero-order chi connectivity index (χ0) is 14.4. The Balaban J connectivity index is 1.73. The van der Waals surface area contributed by atoms with Gasteiger partial charge in [-0.2, -0.15) is 0 Å². The highest BCUT2D eigenvalue weighted by atomic mass is 19.3. The fourth-order valence-corrected chi connectivity index (χ4v) is 3.83. The van der Waals surface area contributed by atoms with Crippen LogP contribution in [0, 0.1) is 5.41 Å². The van der Waals surface area contributed by atoms with Crippen molar-refractivity contribution in [1.82, 2.24) is 5.32 Å². The zero-order valence-corrected chi connectivity index (χ0v) is 12.4. The first-order valence-electron chi connectivity index (χ1n) is 7.90. The molecule has 0 heterocycles. The molecule has 0 amide bonds. The normalized spacial score (nSPS) is 28.8. The SMILES string of the molecule is CCOC1CC(NCCOCC(F)F)C12CCCCC2. The van der Waals surface area contributed by atoms with Crippen molar-refractivity contribution in [2.24, 2.45) is 5.41 Å². The molecule has 20 heavy (non-hydrogen) atoms. The molecule has 3 nitrogen and oxygen atoms in total. The third kappa shape index (κ3) is 3.68. The summed E-state index contributed by atoms with van der Waals surface area (Å²) >= 11 is 0. The van der Waals surface area contributed by atoms with E-state index in [1.165, 1.54) is 32.1 Å². The molecule has 0 aromatic rings. The lowest BCUT2D eigenvalue weighted by Gasteiger charge is -2.58. The molecule has 0 radical (unpaired) electrons. The van der Waals surface area contributed by atoms with Crippen LogP contribution in [0.25, 0.3) is 0 Å². The molecule has 2 fully saturated rings. The Kier molecular flexibility index (Phi) is 6.18. The monoisotopic (exact) mass is 291 g/mol. The first-order valence-corrected chi connectivity index (χ1v) is 7.90. The van der Waals surface area contributed by atoms with Gasteiger partial charge in [-0.25, -0.2) is 8.78 Å². The van der Waals surface area contributed by atoms with E-state index in [9.17, 15) is 8.78 Å². The number of halogens is 2. The lowest BCUT2D eigenvalue weighted by molar-refractivity contribution is -0.150. The maximum absolute atomic E-state index is 12.0. The highest BCUT2D eigenvalue weighted by molar-refractivity contribution is 5.08. The molecule has 0 aromatic heterocycles. The molecule has 0 aromatic carbocycles. The summed E-state index contributed by atoms with van der Waals surface area (Å²) in [6.07, 6.45) is 5.40. The predicted molar refractivity (Wildman–Crippen MR) is 74.2 cm³/mol. The second-order valence-electron chi connectivity index (χ2n) is 5.95. The lowest BCUT2D eigenvalue weighted by atomic mass is 9.55. The number of hydrogen-bond donors (Lipinski definition) is 1. The largest absolute Gasteiger partial charge is 0.378 e. The molecule has 2 aliphatic carbocycles. The van der Waals surface area contributed by atoms with E-state index in [0.29, 0.717) is 25.3 Å². The van der Waals surface area contributed by atoms with Gasteiger partial charge in [0, 0.05) is 24.6 Å². The van der Waals surface area contributed by atoms with E-state index in [0.717, 1.165) is 13.0 Å². The molecule has 5 heteroatoms. The summed E-state index contributed by atoms with van der Waals surface area (Å²) in [6.45, 7) is 3.37. The maximum atomic E-state index is 12.0. The van der Waals surface area contributed by atoms with Gasteiger partial charge in [0.2, 0.25) is 0 Å². The van der Waals surface area contributed by atoms with E-state index in [1.54, 1.807) is 0 Å². The minimum Gasteiger partial charge on any atom is -0.378 e. The van der Waals surface area contributed by atoms with Gasteiger partial charge in [-0.1, -0.05) is 19.3 Å². The van der Waals surface area contributed by atoms with Crippen LogP contribution in [0.2, 0.25) is 0 Å². The van der Waals surface area contributed by atoms with Crippen molar-refractivity contribution in [1.29, 1.82) is 0 Å². The Morgan fingerprint density at radius 2 is 2.00 bits per heavy atom. The quantitative estimate of drug-likeness (QED) is 0.697. The van der Waals surface area contributed by atoms with Crippen molar-refractivity contribution in [3.05, 3.63) is 0 Å². The van der Waals surface area contributed by atoms with E-state index < -0.39 is 13.0 Å². The summed E-state index contributed by atoms with van der Waals surface area (Å²) in [4.78, 5) is 0. The number of hydrogen-bond acceptors (Lipinski definition) is 3. The molecule has 2 saturated carbocycles. The maximum Gasteiger partial charge on any atom is 0.261 e. The van der Waals surface area contributed by atoms with Gasteiger partial charge in [-0.05, 0) is 26.2 Å². The van der Waals surface area contributed by atoms with Crippen LogP contribution >= 0.6 is 0 Å². The van der Waals surface area contributed by atoms with Crippen molar-refractivity contribution in [2.75, 3.05) is 26.4 Å². The third-order valence-corrected chi connectivity index (χ3v) is 4.82.